The molecule has 1 unspecified atom stereocenters. The number of rotatable bonds is 8. The van der Waals surface area contributed by atoms with Crippen LogP contribution < -0.4 is 16.0 Å². The molecule has 2 heterocycles. The van der Waals surface area contributed by atoms with Gasteiger partial charge in [0.25, 0.3) is 0 Å². The lowest BCUT2D eigenvalue weighted by Crippen LogP contribution is -2.47. The first-order chi connectivity index (χ1) is 17.9. The van der Waals surface area contributed by atoms with E-state index in [1.807, 2.05) is 61.2 Å². The van der Waals surface area contributed by atoms with Gasteiger partial charge in [-0.3, -0.25) is 4.79 Å². The third-order valence-corrected chi connectivity index (χ3v) is 6.83. The average molecular weight is 496 g/mol. The van der Waals surface area contributed by atoms with E-state index in [4.69, 9.17) is 5.73 Å². The number of amides is 1. The van der Waals surface area contributed by atoms with Gasteiger partial charge in [0.05, 0.1) is 12.6 Å². The molecular formula is C29H33N7O. The van der Waals surface area contributed by atoms with E-state index < -0.39 is 0 Å². The lowest BCUT2D eigenvalue weighted by atomic mass is 9.98. The van der Waals surface area contributed by atoms with E-state index in [9.17, 15) is 4.79 Å². The molecule has 0 saturated carbocycles. The SMILES string of the molecule is CC(C)(N)CCNC1CCc2ccccc2N(Cc2ccc(-c3ccccc3-c3nn[nH]n3)cc2)C1=O. The molecule has 0 spiro atoms. The number of aromatic nitrogens is 4. The van der Waals surface area contributed by atoms with Crippen LogP contribution in [0.25, 0.3) is 22.5 Å². The monoisotopic (exact) mass is 495 g/mol. The molecule has 0 bridgehead atoms. The number of carbonyl (C=O) groups excluding carboxylic acids is 1. The molecule has 1 aromatic heterocycles. The van der Waals surface area contributed by atoms with Crippen molar-refractivity contribution in [3.63, 3.8) is 0 Å². The molecule has 8 nitrogen and oxygen atoms in total. The van der Waals surface area contributed by atoms with Gasteiger partial charge in [-0.2, -0.15) is 5.21 Å². The Bertz CT molecular complexity index is 1340. The van der Waals surface area contributed by atoms with Gasteiger partial charge in [0, 0.05) is 16.8 Å². The van der Waals surface area contributed by atoms with Crippen molar-refractivity contribution in [1.29, 1.82) is 0 Å². The molecule has 4 N–H and O–H groups in total. The predicted octanol–water partition coefficient (Wildman–Crippen LogP) is 4.10. The maximum absolute atomic E-state index is 13.7. The topological polar surface area (TPSA) is 113 Å². The molecule has 0 fully saturated rings. The average Bonchev–Trinajstić information content (AvgIpc) is 3.40. The normalized spacial score (nSPS) is 15.9. The van der Waals surface area contributed by atoms with Crippen LogP contribution in [0.3, 0.4) is 0 Å². The second-order valence-electron chi connectivity index (χ2n) is 10.3. The molecule has 0 radical (unpaired) electrons. The zero-order valence-electron chi connectivity index (χ0n) is 21.3. The number of fused-ring (bicyclic) bond motifs is 1. The van der Waals surface area contributed by atoms with Crippen LogP contribution in [0, 0.1) is 0 Å². The minimum atomic E-state index is -0.270. The zero-order valence-corrected chi connectivity index (χ0v) is 21.3. The van der Waals surface area contributed by atoms with E-state index in [0.717, 1.165) is 47.2 Å². The molecule has 4 aromatic rings. The van der Waals surface area contributed by atoms with Crippen molar-refractivity contribution in [2.24, 2.45) is 5.73 Å². The fourth-order valence-electron chi connectivity index (χ4n) is 4.81. The molecule has 37 heavy (non-hydrogen) atoms. The molecular weight excluding hydrogens is 462 g/mol. The van der Waals surface area contributed by atoms with Crippen molar-refractivity contribution in [2.75, 3.05) is 11.4 Å². The van der Waals surface area contributed by atoms with Crippen LogP contribution >= 0.6 is 0 Å². The first-order valence-electron chi connectivity index (χ1n) is 12.7. The molecule has 1 atom stereocenters. The summed E-state index contributed by atoms with van der Waals surface area (Å²) in [5.41, 5.74) is 12.1. The van der Waals surface area contributed by atoms with Crippen molar-refractivity contribution >= 4 is 11.6 Å². The van der Waals surface area contributed by atoms with Gasteiger partial charge < -0.3 is 16.0 Å². The third kappa shape index (κ3) is 5.76. The van der Waals surface area contributed by atoms with Crippen LogP contribution in [0.4, 0.5) is 5.69 Å². The van der Waals surface area contributed by atoms with Crippen molar-refractivity contribution < 1.29 is 4.79 Å². The number of carbonyl (C=O) groups is 1. The molecule has 5 rings (SSSR count). The number of para-hydroxylation sites is 1. The number of anilines is 1. The summed E-state index contributed by atoms with van der Waals surface area (Å²) in [7, 11) is 0. The highest BCUT2D eigenvalue weighted by Crippen LogP contribution is 2.31. The van der Waals surface area contributed by atoms with E-state index in [1.54, 1.807) is 0 Å². The van der Waals surface area contributed by atoms with Gasteiger partial charge in [-0.25, -0.2) is 0 Å². The number of benzene rings is 3. The quantitative estimate of drug-likeness (QED) is 0.339. The van der Waals surface area contributed by atoms with Crippen LogP contribution in [-0.4, -0.2) is 44.7 Å². The Balaban J connectivity index is 1.38. The standard InChI is InChI=1S/C29H33N7O/c1-29(2,30)17-18-31-25-16-15-22-7-3-6-10-26(22)36(28(25)37)19-20-11-13-21(14-12-20)23-8-4-5-9-24(23)27-32-34-35-33-27/h3-14,25,31H,15-19,30H2,1-2H3,(H,32,33,34,35). The Morgan fingerprint density at radius 2 is 1.76 bits per heavy atom. The van der Waals surface area contributed by atoms with E-state index in [1.165, 1.54) is 5.56 Å². The molecule has 3 aromatic carbocycles. The van der Waals surface area contributed by atoms with Gasteiger partial charge in [0.15, 0.2) is 0 Å². The molecule has 1 aliphatic heterocycles. The van der Waals surface area contributed by atoms with Crippen LogP contribution in [0.15, 0.2) is 72.8 Å². The number of hydrogen-bond acceptors (Lipinski definition) is 6. The summed E-state index contributed by atoms with van der Waals surface area (Å²) >= 11 is 0. The van der Waals surface area contributed by atoms with Crippen molar-refractivity contribution in [1.82, 2.24) is 25.9 Å². The number of hydrogen-bond donors (Lipinski definition) is 3. The van der Waals surface area contributed by atoms with Crippen LogP contribution in [0.5, 0.6) is 0 Å². The summed E-state index contributed by atoms with van der Waals surface area (Å²) in [6.07, 6.45) is 2.42. The number of tetrazole rings is 1. The van der Waals surface area contributed by atoms with E-state index in [-0.39, 0.29) is 17.5 Å². The number of aromatic amines is 1. The smallest absolute Gasteiger partial charge is 0.244 e. The second-order valence-corrected chi connectivity index (χ2v) is 10.3. The van der Waals surface area contributed by atoms with Gasteiger partial charge in [0.1, 0.15) is 0 Å². The van der Waals surface area contributed by atoms with Crippen LogP contribution in [-0.2, 0) is 17.8 Å². The Kier molecular flexibility index (Phi) is 7.12. The molecule has 190 valence electrons. The summed E-state index contributed by atoms with van der Waals surface area (Å²) in [5.74, 6) is 0.661. The summed E-state index contributed by atoms with van der Waals surface area (Å²) in [4.78, 5) is 15.7. The van der Waals surface area contributed by atoms with Crippen LogP contribution in [0.2, 0.25) is 0 Å². The van der Waals surface area contributed by atoms with E-state index >= 15 is 0 Å². The highest BCUT2D eigenvalue weighted by molar-refractivity contribution is 5.98. The maximum Gasteiger partial charge on any atom is 0.244 e. The Morgan fingerprint density at radius 1 is 1.03 bits per heavy atom. The molecule has 1 amide bonds. The first-order valence-corrected chi connectivity index (χ1v) is 12.7. The second kappa shape index (κ2) is 10.6. The zero-order chi connectivity index (χ0) is 25.8. The largest absolute Gasteiger partial charge is 0.326 e. The lowest BCUT2D eigenvalue weighted by molar-refractivity contribution is -0.120. The Hall–Kier alpha value is -3.88. The summed E-state index contributed by atoms with van der Waals surface area (Å²) in [6, 6.07) is 24.3. The predicted molar refractivity (Wildman–Crippen MR) is 146 cm³/mol. The summed E-state index contributed by atoms with van der Waals surface area (Å²) in [5, 5.41) is 18.0. The first kappa shape index (κ1) is 24.8. The number of aryl methyl sites for hydroxylation is 1. The van der Waals surface area contributed by atoms with Crippen molar-refractivity contribution in [2.45, 2.75) is 51.2 Å². The summed E-state index contributed by atoms with van der Waals surface area (Å²) < 4.78 is 0. The maximum atomic E-state index is 13.7. The Morgan fingerprint density at radius 3 is 2.49 bits per heavy atom. The summed E-state index contributed by atoms with van der Waals surface area (Å²) in [6.45, 7) is 5.23. The molecule has 1 aliphatic rings. The number of nitrogens with zero attached hydrogens (tertiary/aromatic N) is 4. The van der Waals surface area contributed by atoms with Gasteiger partial charge in [-0.05, 0) is 73.2 Å². The fraction of sp³-hybridized carbons (Fsp3) is 0.310. The molecule has 0 saturated heterocycles. The highest BCUT2D eigenvalue weighted by atomic mass is 16.2. The van der Waals surface area contributed by atoms with Crippen molar-refractivity contribution in [3.8, 4) is 22.5 Å². The Labute approximate surface area is 217 Å². The van der Waals surface area contributed by atoms with Gasteiger partial charge in [-0.1, -0.05) is 66.7 Å². The fourth-order valence-corrected chi connectivity index (χ4v) is 4.81. The van der Waals surface area contributed by atoms with E-state index in [2.05, 4.69) is 56.3 Å². The minimum Gasteiger partial charge on any atom is -0.326 e. The lowest BCUT2D eigenvalue weighted by Gasteiger charge is -2.27. The number of H-pyrrole nitrogens is 1. The van der Waals surface area contributed by atoms with Gasteiger partial charge in [0.2, 0.25) is 11.7 Å². The minimum absolute atomic E-state index is 0.103. The van der Waals surface area contributed by atoms with Gasteiger partial charge in [-0.15, -0.1) is 10.2 Å². The number of nitrogens with two attached hydrogens (primary N) is 1. The molecule has 0 aliphatic carbocycles. The highest BCUT2D eigenvalue weighted by Gasteiger charge is 2.30. The van der Waals surface area contributed by atoms with Gasteiger partial charge >= 0.3 is 0 Å². The molecule has 8 heteroatoms. The van der Waals surface area contributed by atoms with Crippen LogP contribution in [0.1, 0.15) is 37.8 Å². The third-order valence-electron chi connectivity index (χ3n) is 6.83. The number of nitrogens with one attached hydrogen (secondary N) is 2. The van der Waals surface area contributed by atoms with Crippen molar-refractivity contribution in [3.05, 3.63) is 83.9 Å². The van der Waals surface area contributed by atoms with E-state index in [0.29, 0.717) is 18.9 Å².